The van der Waals surface area contributed by atoms with E-state index in [1.165, 1.54) is 0 Å². The highest BCUT2D eigenvalue weighted by Crippen LogP contribution is 2.29. The first-order chi connectivity index (χ1) is 14.1. The second-order valence-electron chi connectivity index (χ2n) is 6.35. The van der Waals surface area contributed by atoms with Crippen LogP contribution in [0, 0.1) is 0 Å². The van der Waals surface area contributed by atoms with Crippen molar-refractivity contribution >= 4 is 12.2 Å². The van der Waals surface area contributed by atoms with Crippen LogP contribution in [0.15, 0.2) is 48.6 Å². The lowest BCUT2D eigenvalue weighted by Gasteiger charge is -2.09. The van der Waals surface area contributed by atoms with Crippen molar-refractivity contribution in [2.24, 2.45) is 0 Å². The molecule has 5 heteroatoms. The number of ether oxygens (including phenoxy) is 5. The van der Waals surface area contributed by atoms with Gasteiger partial charge >= 0.3 is 0 Å². The zero-order chi connectivity index (χ0) is 21.1. The standard InChI is InChI=1S/C24H30O5/c1-18(9-10-20-12-14-22(26-3)24(17-20)28-5)29-15-7-6-8-19-11-13-21(25-2)23(16-19)27-4/h6,8-14,16-18H,7,15H2,1-5H3/b8-6+,10-9+. The molecule has 0 spiro atoms. The molecule has 0 heterocycles. The van der Waals surface area contributed by atoms with Gasteiger partial charge in [-0.05, 0) is 48.7 Å². The predicted octanol–water partition coefficient (Wildman–Crippen LogP) is 5.24. The third-order valence-corrected chi connectivity index (χ3v) is 4.35. The summed E-state index contributed by atoms with van der Waals surface area (Å²) in [7, 11) is 6.52. The first-order valence-electron chi connectivity index (χ1n) is 9.51. The minimum atomic E-state index is 0.0116. The third kappa shape index (κ3) is 6.88. The Labute approximate surface area is 173 Å². The molecule has 0 saturated carbocycles. The monoisotopic (exact) mass is 398 g/mol. The highest BCUT2D eigenvalue weighted by Gasteiger charge is 2.04. The maximum absolute atomic E-state index is 5.85. The molecule has 0 saturated heterocycles. The van der Waals surface area contributed by atoms with Crippen LogP contribution in [0.3, 0.4) is 0 Å². The third-order valence-electron chi connectivity index (χ3n) is 4.35. The molecule has 0 aliphatic heterocycles. The van der Waals surface area contributed by atoms with Crippen molar-refractivity contribution in [2.75, 3.05) is 35.0 Å². The summed E-state index contributed by atoms with van der Waals surface area (Å²) in [6, 6.07) is 11.7. The van der Waals surface area contributed by atoms with Crippen molar-refractivity contribution in [3.05, 3.63) is 59.7 Å². The average molecular weight is 398 g/mol. The maximum Gasteiger partial charge on any atom is 0.161 e. The van der Waals surface area contributed by atoms with Crippen molar-refractivity contribution in [3.63, 3.8) is 0 Å². The summed E-state index contributed by atoms with van der Waals surface area (Å²) in [5.74, 6) is 2.88. The van der Waals surface area contributed by atoms with Crippen LogP contribution in [0.4, 0.5) is 0 Å². The molecule has 0 bridgehead atoms. The molecule has 0 amide bonds. The van der Waals surface area contributed by atoms with E-state index in [1.807, 2.05) is 55.5 Å². The van der Waals surface area contributed by atoms with E-state index in [0.29, 0.717) is 12.4 Å². The fraction of sp³-hybridized carbons (Fsp3) is 0.333. The lowest BCUT2D eigenvalue weighted by atomic mass is 10.1. The van der Waals surface area contributed by atoms with Gasteiger partial charge in [0.05, 0.1) is 41.2 Å². The molecule has 2 aromatic rings. The van der Waals surface area contributed by atoms with Gasteiger partial charge in [-0.1, -0.05) is 36.4 Å². The number of rotatable bonds is 11. The maximum atomic E-state index is 5.85. The fourth-order valence-corrected chi connectivity index (χ4v) is 2.76. The topological polar surface area (TPSA) is 46.2 Å². The smallest absolute Gasteiger partial charge is 0.161 e. The van der Waals surface area contributed by atoms with Crippen LogP contribution >= 0.6 is 0 Å². The molecule has 0 aliphatic rings. The molecule has 2 rings (SSSR count). The first kappa shape index (κ1) is 22.4. The molecule has 1 unspecified atom stereocenters. The summed E-state index contributed by atoms with van der Waals surface area (Å²) < 4.78 is 27.0. The van der Waals surface area contributed by atoms with Crippen LogP contribution in [0.2, 0.25) is 0 Å². The lowest BCUT2D eigenvalue weighted by molar-refractivity contribution is 0.102. The zero-order valence-electron chi connectivity index (χ0n) is 17.8. The molecular weight excluding hydrogens is 368 g/mol. The molecule has 5 nitrogen and oxygen atoms in total. The Hall–Kier alpha value is -2.92. The Morgan fingerprint density at radius 2 is 1.24 bits per heavy atom. The van der Waals surface area contributed by atoms with Gasteiger partial charge in [-0.15, -0.1) is 0 Å². The number of hydrogen-bond acceptors (Lipinski definition) is 5. The molecular formula is C24H30O5. The molecule has 0 fully saturated rings. The van der Waals surface area contributed by atoms with E-state index in [1.54, 1.807) is 28.4 Å². The summed E-state index contributed by atoms with van der Waals surface area (Å²) in [4.78, 5) is 0. The number of methoxy groups -OCH3 is 4. The van der Waals surface area contributed by atoms with Gasteiger partial charge in [-0.3, -0.25) is 0 Å². The number of hydrogen-bond donors (Lipinski definition) is 0. The van der Waals surface area contributed by atoms with Gasteiger partial charge in [0.2, 0.25) is 0 Å². The highest BCUT2D eigenvalue weighted by molar-refractivity contribution is 5.57. The fourth-order valence-electron chi connectivity index (χ4n) is 2.76. The zero-order valence-corrected chi connectivity index (χ0v) is 17.8. The highest BCUT2D eigenvalue weighted by atomic mass is 16.5. The van der Waals surface area contributed by atoms with E-state index in [-0.39, 0.29) is 6.10 Å². The van der Waals surface area contributed by atoms with Gasteiger partial charge in [-0.25, -0.2) is 0 Å². The van der Waals surface area contributed by atoms with E-state index in [4.69, 9.17) is 23.7 Å². The Balaban J connectivity index is 1.80. The van der Waals surface area contributed by atoms with Gasteiger partial charge in [0.15, 0.2) is 23.0 Å². The van der Waals surface area contributed by atoms with Crippen molar-refractivity contribution < 1.29 is 23.7 Å². The second kappa shape index (κ2) is 11.8. The second-order valence-corrected chi connectivity index (χ2v) is 6.35. The molecule has 156 valence electrons. The van der Waals surface area contributed by atoms with Gasteiger partial charge in [-0.2, -0.15) is 0 Å². The summed E-state index contributed by atoms with van der Waals surface area (Å²) >= 11 is 0. The van der Waals surface area contributed by atoms with Crippen LogP contribution in [0.5, 0.6) is 23.0 Å². The van der Waals surface area contributed by atoms with Gasteiger partial charge in [0, 0.05) is 0 Å². The Morgan fingerprint density at radius 1 is 0.724 bits per heavy atom. The Kier molecular flexibility index (Phi) is 9.12. The van der Waals surface area contributed by atoms with Crippen molar-refractivity contribution in [3.8, 4) is 23.0 Å². The van der Waals surface area contributed by atoms with Crippen molar-refractivity contribution in [1.82, 2.24) is 0 Å². The molecule has 29 heavy (non-hydrogen) atoms. The van der Waals surface area contributed by atoms with Crippen LogP contribution in [-0.4, -0.2) is 41.2 Å². The van der Waals surface area contributed by atoms with E-state index >= 15 is 0 Å². The van der Waals surface area contributed by atoms with Crippen LogP contribution < -0.4 is 18.9 Å². The Morgan fingerprint density at radius 3 is 1.76 bits per heavy atom. The van der Waals surface area contributed by atoms with Crippen LogP contribution in [0.25, 0.3) is 12.2 Å². The van der Waals surface area contributed by atoms with Crippen molar-refractivity contribution in [1.29, 1.82) is 0 Å². The van der Waals surface area contributed by atoms with E-state index in [2.05, 4.69) is 12.2 Å². The summed E-state index contributed by atoms with van der Waals surface area (Å²) in [6.07, 6.45) is 9.02. The molecule has 0 aliphatic carbocycles. The molecule has 1 atom stereocenters. The van der Waals surface area contributed by atoms with Crippen LogP contribution in [0.1, 0.15) is 24.5 Å². The van der Waals surface area contributed by atoms with Gasteiger partial charge < -0.3 is 23.7 Å². The summed E-state index contributed by atoms with van der Waals surface area (Å²) in [5, 5.41) is 0. The van der Waals surface area contributed by atoms with E-state index in [0.717, 1.165) is 34.8 Å². The normalized spacial score (nSPS) is 12.3. The molecule has 0 N–H and O–H groups in total. The molecule has 0 radical (unpaired) electrons. The Bertz CT molecular complexity index is 826. The summed E-state index contributed by atoms with van der Waals surface area (Å²) in [6.45, 7) is 2.66. The molecule has 2 aromatic carbocycles. The lowest BCUT2D eigenvalue weighted by Crippen LogP contribution is -2.05. The first-order valence-corrected chi connectivity index (χ1v) is 9.51. The largest absolute Gasteiger partial charge is 0.493 e. The summed E-state index contributed by atoms with van der Waals surface area (Å²) in [5.41, 5.74) is 2.09. The minimum Gasteiger partial charge on any atom is -0.493 e. The molecule has 0 aromatic heterocycles. The average Bonchev–Trinajstić information content (AvgIpc) is 2.76. The SMILES string of the molecule is COc1ccc(/C=C/CCOC(C)/C=C/c2ccc(OC)c(OC)c2)cc1OC. The quantitative estimate of drug-likeness (QED) is 0.484. The predicted molar refractivity (Wildman–Crippen MR) is 117 cm³/mol. The minimum absolute atomic E-state index is 0.0116. The number of benzene rings is 2. The van der Waals surface area contributed by atoms with E-state index in [9.17, 15) is 0 Å². The van der Waals surface area contributed by atoms with E-state index < -0.39 is 0 Å². The van der Waals surface area contributed by atoms with Crippen LogP contribution in [-0.2, 0) is 4.74 Å². The van der Waals surface area contributed by atoms with Crippen molar-refractivity contribution in [2.45, 2.75) is 19.4 Å². The van der Waals surface area contributed by atoms with Gasteiger partial charge in [0.25, 0.3) is 0 Å². The van der Waals surface area contributed by atoms with Gasteiger partial charge in [0.1, 0.15) is 0 Å².